The molecular formula is C21H22O7. The first kappa shape index (κ1) is 18.9. The summed E-state index contributed by atoms with van der Waals surface area (Å²) in [6.07, 6.45) is -2.73. The van der Waals surface area contributed by atoms with Gasteiger partial charge in [0.15, 0.2) is 24.8 Å². The molecule has 4 rings (SSSR count). The lowest BCUT2D eigenvalue weighted by Crippen LogP contribution is -2.39. The summed E-state index contributed by atoms with van der Waals surface area (Å²) in [5.74, 6) is 0. The molecule has 7 nitrogen and oxygen atoms in total. The minimum atomic E-state index is -0.786. The van der Waals surface area contributed by atoms with Crippen molar-refractivity contribution in [1.82, 2.24) is 0 Å². The maximum absolute atomic E-state index is 12.0. The number of carbonyl (C=O) groups is 1. The Kier molecular flexibility index (Phi) is 6.18. The van der Waals surface area contributed by atoms with Crippen molar-refractivity contribution >= 4 is 6.16 Å². The van der Waals surface area contributed by atoms with Crippen LogP contribution in [0.25, 0.3) is 0 Å². The second-order valence-electron chi connectivity index (χ2n) is 6.55. The van der Waals surface area contributed by atoms with Crippen molar-refractivity contribution in [2.45, 2.75) is 24.8 Å². The van der Waals surface area contributed by atoms with Crippen LogP contribution in [0.4, 0.5) is 4.79 Å². The molecule has 0 amide bonds. The van der Waals surface area contributed by atoms with Gasteiger partial charge in [0.1, 0.15) is 0 Å². The maximum Gasteiger partial charge on any atom is 0.509 e. The molecule has 2 aliphatic heterocycles. The fourth-order valence-electron chi connectivity index (χ4n) is 3.01. The largest absolute Gasteiger partial charge is 0.509 e. The predicted molar refractivity (Wildman–Crippen MR) is 97.3 cm³/mol. The van der Waals surface area contributed by atoms with Gasteiger partial charge in [-0.25, -0.2) is 4.79 Å². The molecule has 0 atom stereocenters. The lowest BCUT2D eigenvalue weighted by molar-refractivity contribution is -0.236. The standard InChI is InChI=1S/C21H22O7/c22-21(27-17-11-23-19(24-12-17)15-7-3-1-4-8-15)28-18-13-25-20(26-14-18)16-9-5-2-6-10-16/h1-10,17-20H,11-14H2. The van der Waals surface area contributed by atoms with Crippen LogP contribution in [-0.4, -0.2) is 44.8 Å². The molecule has 2 fully saturated rings. The van der Waals surface area contributed by atoms with Crippen molar-refractivity contribution in [2.75, 3.05) is 26.4 Å². The van der Waals surface area contributed by atoms with E-state index in [4.69, 9.17) is 28.4 Å². The molecule has 0 aromatic heterocycles. The quantitative estimate of drug-likeness (QED) is 0.746. The first-order valence-corrected chi connectivity index (χ1v) is 9.21. The molecular weight excluding hydrogens is 364 g/mol. The molecule has 0 radical (unpaired) electrons. The van der Waals surface area contributed by atoms with E-state index in [-0.39, 0.29) is 26.4 Å². The number of benzene rings is 2. The molecule has 0 aliphatic carbocycles. The lowest BCUT2D eigenvalue weighted by atomic mass is 10.2. The second kappa shape index (κ2) is 9.16. The lowest BCUT2D eigenvalue weighted by Gasteiger charge is -2.31. The topological polar surface area (TPSA) is 72.5 Å². The van der Waals surface area contributed by atoms with E-state index in [9.17, 15) is 4.79 Å². The maximum atomic E-state index is 12.0. The normalized spacial score (nSPS) is 27.7. The smallest absolute Gasteiger partial charge is 0.426 e. The first-order chi connectivity index (χ1) is 13.8. The van der Waals surface area contributed by atoms with Crippen molar-refractivity contribution in [3.05, 3.63) is 71.8 Å². The van der Waals surface area contributed by atoms with E-state index >= 15 is 0 Å². The van der Waals surface area contributed by atoms with Crippen LogP contribution in [0.2, 0.25) is 0 Å². The first-order valence-electron chi connectivity index (χ1n) is 9.21. The molecule has 2 saturated heterocycles. The van der Waals surface area contributed by atoms with Gasteiger partial charge in [0.2, 0.25) is 0 Å². The third kappa shape index (κ3) is 4.88. The van der Waals surface area contributed by atoms with E-state index in [1.54, 1.807) is 0 Å². The Morgan fingerprint density at radius 3 is 1.36 bits per heavy atom. The molecule has 2 aliphatic rings. The Morgan fingerprint density at radius 1 is 0.643 bits per heavy atom. The van der Waals surface area contributed by atoms with Gasteiger partial charge >= 0.3 is 6.16 Å². The van der Waals surface area contributed by atoms with Crippen molar-refractivity contribution in [3.63, 3.8) is 0 Å². The number of rotatable bonds is 4. The minimum absolute atomic E-state index is 0.239. The predicted octanol–water partition coefficient (Wildman–Crippen LogP) is 3.37. The van der Waals surface area contributed by atoms with Gasteiger partial charge in [-0.2, -0.15) is 0 Å². The van der Waals surface area contributed by atoms with Gasteiger partial charge < -0.3 is 28.4 Å². The average molecular weight is 386 g/mol. The van der Waals surface area contributed by atoms with E-state index in [0.717, 1.165) is 11.1 Å². The van der Waals surface area contributed by atoms with Crippen molar-refractivity contribution in [2.24, 2.45) is 0 Å². The number of carbonyl (C=O) groups excluding carboxylic acids is 1. The summed E-state index contributed by atoms with van der Waals surface area (Å²) < 4.78 is 33.0. The van der Waals surface area contributed by atoms with Gasteiger partial charge in [-0.3, -0.25) is 0 Å². The highest BCUT2D eigenvalue weighted by Gasteiger charge is 2.30. The molecule has 7 heteroatoms. The van der Waals surface area contributed by atoms with Crippen LogP contribution in [0.1, 0.15) is 23.7 Å². The summed E-state index contributed by atoms with van der Waals surface area (Å²) >= 11 is 0. The number of hydrogen-bond acceptors (Lipinski definition) is 7. The molecule has 0 saturated carbocycles. The van der Waals surface area contributed by atoms with Gasteiger partial charge in [-0.05, 0) is 0 Å². The fraction of sp³-hybridized carbons (Fsp3) is 0.381. The molecule has 0 bridgehead atoms. The highest BCUT2D eigenvalue weighted by atomic mass is 16.8. The molecule has 2 heterocycles. The van der Waals surface area contributed by atoms with Crippen LogP contribution >= 0.6 is 0 Å². The fourth-order valence-corrected chi connectivity index (χ4v) is 3.01. The third-order valence-corrected chi connectivity index (χ3v) is 4.40. The summed E-state index contributed by atoms with van der Waals surface area (Å²) in [4.78, 5) is 12.0. The second-order valence-corrected chi connectivity index (χ2v) is 6.55. The van der Waals surface area contributed by atoms with Crippen LogP contribution in [0.15, 0.2) is 60.7 Å². The Balaban J connectivity index is 1.18. The number of hydrogen-bond donors (Lipinski definition) is 0. The van der Waals surface area contributed by atoms with Gasteiger partial charge in [0, 0.05) is 11.1 Å². The molecule has 2 aromatic carbocycles. The molecule has 0 spiro atoms. The third-order valence-electron chi connectivity index (χ3n) is 4.40. The van der Waals surface area contributed by atoms with Gasteiger partial charge in [0.05, 0.1) is 26.4 Å². The highest BCUT2D eigenvalue weighted by Crippen LogP contribution is 2.25. The van der Waals surface area contributed by atoms with Crippen LogP contribution in [0, 0.1) is 0 Å². The molecule has 148 valence electrons. The Morgan fingerprint density at radius 2 is 1.00 bits per heavy atom. The molecule has 0 unspecified atom stereocenters. The zero-order valence-corrected chi connectivity index (χ0v) is 15.3. The van der Waals surface area contributed by atoms with E-state index in [1.807, 2.05) is 60.7 Å². The minimum Gasteiger partial charge on any atom is -0.426 e. The van der Waals surface area contributed by atoms with Crippen LogP contribution < -0.4 is 0 Å². The molecule has 0 N–H and O–H groups in total. The van der Waals surface area contributed by atoms with E-state index in [2.05, 4.69) is 0 Å². The summed E-state index contributed by atoms with van der Waals surface area (Å²) in [5, 5.41) is 0. The average Bonchev–Trinajstić information content (AvgIpc) is 2.76. The Bertz CT molecular complexity index is 672. The van der Waals surface area contributed by atoms with Crippen molar-refractivity contribution in [3.8, 4) is 0 Å². The van der Waals surface area contributed by atoms with E-state index in [1.165, 1.54) is 0 Å². The van der Waals surface area contributed by atoms with E-state index < -0.39 is 30.9 Å². The van der Waals surface area contributed by atoms with Crippen LogP contribution in [0.5, 0.6) is 0 Å². The molecule has 2 aromatic rings. The van der Waals surface area contributed by atoms with Gasteiger partial charge in [-0.15, -0.1) is 0 Å². The zero-order valence-electron chi connectivity index (χ0n) is 15.3. The van der Waals surface area contributed by atoms with Gasteiger partial charge in [-0.1, -0.05) is 60.7 Å². The summed E-state index contributed by atoms with van der Waals surface area (Å²) in [5.41, 5.74) is 1.85. The van der Waals surface area contributed by atoms with Crippen molar-refractivity contribution in [1.29, 1.82) is 0 Å². The van der Waals surface area contributed by atoms with Crippen molar-refractivity contribution < 1.29 is 33.2 Å². The Labute approximate surface area is 163 Å². The van der Waals surface area contributed by atoms with Gasteiger partial charge in [0.25, 0.3) is 0 Å². The Hall–Kier alpha value is -2.45. The summed E-state index contributed by atoms with van der Waals surface area (Å²) in [6, 6.07) is 19.2. The highest BCUT2D eigenvalue weighted by molar-refractivity contribution is 5.60. The zero-order chi connectivity index (χ0) is 19.2. The monoisotopic (exact) mass is 386 g/mol. The SMILES string of the molecule is O=C(OC1COC(c2ccccc2)OC1)OC1COC(c2ccccc2)OC1. The van der Waals surface area contributed by atoms with Crippen LogP contribution in [0.3, 0.4) is 0 Å². The summed E-state index contributed by atoms with van der Waals surface area (Å²) in [6.45, 7) is 0.954. The number of ether oxygens (including phenoxy) is 6. The van der Waals surface area contributed by atoms with E-state index in [0.29, 0.717) is 0 Å². The summed E-state index contributed by atoms with van der Waals surface area (Å²) in [7, 11) is 0. The molecule has 28 heavy (non-hydrogen) atoms. The van der Waals surface area contributed by atoms with Crippen LogP contribution in [-0.2, 0) is 28.4 Å².